The Morgan fingerprint density at radius 3 is 2.49 bits per heavy atom. The summed E-state index contributed by atoms with van der Waals surface area (Å²) in [6, 6.07) is 4.56. The van der Waals surface area contributed by atoms with E-state index < -0.39 is 17.6 Å². The fourth-order valence-corrected chi connectivity index (χ4v) is 5.23. The van der Waals surface area contributed by atoms with E-state index in [1.807, 2.05) is 16.7 Å². The fraction of sp³-hybridized carbons (Fsp3) is 0.480. The van der Waals surface area contributed by atoms with Gasteiger partial charge in [-0.05, 0) is 24.6 Å². The van der Waals surface area contributed by atoms with Gasteiger partial charge in [0.05, 0.1) is 29.5 Å². The van der Waals surface area contributed by atoms with Crippen LogP contribution in [0, 0.1) is 0 Å². The first-order valence-corrected chi connectivity index (χ1v) is 13.2. The van der Waals surface area contributed by atoms with Gasteiger partial charge in [0.1, 0.15) is 17.9 Å². The van der Waals surface area contributed by atoms with E-state index in [0.29, 0.717) is 81.7 Å². The lowest BCUT2D eigenvalue weighted by Gasteiger charge is -2.31. The lowest BCUT2D eigenvalue weighted by Crippen LogP contribution is -2.47. The van der Waals surface area contributed by atoms with Crippen molar-refractivity contribution < 1.29 is 22.7 Å². The summed E-state index contributed by atoms with van der Waals surface area (Å²) in [6.45, 7) is 6.72. The first-order chi connectivity index (χ1) is 18.7. The third-order valence-electron chi connectivity index (χ3n) is 6.92. The third kappa shape index (κ3) is 5.56. The number of halogens is 4. The van der Waals surface area contributed by atoms with Crippen molar-refractivity contribution in [1.82, 2.24) is 19.5 Å². The van der Waals surface area contributed by atoms with Gasteiger partial charge in [-0.15, -0.1) is 5.10 Å². The van der Waals surface area contributed by atoms with Gasteiger partial charge in [-0.1, -0.05) is 18.5 Å². The topological polar surface area (TPSA) is 96.1 Å². The molecule has 210 valence electrons. The Labute approximate surface area is 227 Å². The zero-order chi connectivity index (χ0) is 27.7. The third-order valence-corrected chi connectivity index (χ3v) is 7.24. The quantitative estimate of drug-likeness (QED) is 0.473. The number of alkyl halides is 3. The van der Waals surface area contributed by atoms with Gasteiger partial charge in [0.2, 0.25) is 5.91 Å². The van der Waals surface area contributed by atoms with Gasteiger partial charge in [0.25, 0.3) is 5.56 Å². The van der Waals surface area contributed by atoms with Gasteiger partial charge in [0.15, 0.2) is 5.82 Å². The van der Waals surface area contributed by atoms with Crippen LogP contribution in [0.2, 0.25) is 5.02 Å². The van der Waals surface area contributed by atoms with Crippen molar-refractivity contribution >= 4 is 40.3 Å². The van der Waals surface area contributed by atoms with Crippen LogP contribution in [-0.2, 0) is 28.7 Å². The number of piperazine rings is 1. The summed E-state index contributed by atoms with van der Waals surface area (Å²) in [5, 5.41) is 10.3. The van der Waals surface area contributed by atoms with Gasteiger partial charge >= 0.3 is 6.18 Å². The maximum atomic E-state index is 13.8. The van der Waals surface area contributed by atoms with Crippen LogP contribution in [-0.4, -0.2) is 72.6 Å². The Bertz CT molecular complexity index is 1430. The molecule has 39 heavy (non-hydrogen) atoms. The van der Waals surface area contributed by atoms with Gasteiger partial charge in [-0.3, -0.25) is 9.59 Å². The highest BCUT2D eigenvalue weighted by Crippen LogP contribution is 2.34. The van der Waals surface area contributed by atoms with E-state index >= 15 is 0 Å². The van der Waals surface area contributed by atoms with E-state index in [1.165, 1.54) is 4.52 Å². The van der Waals surface area contributed by atoms with E-state index in [-0.39, 0.29) is 22.8 Å². The van der Waals surface area contributed by atoms with Crippen molar-refractivity contribution in [2.24, 2.45) is 0 Å². The molecule has 14 heteroatoms. The summed E-state index contributed by atoms with van der Waals surface area (Å²) in [5.41, 5.74) is 0.516. The van der Waals surface area contributed by atoms with Crippen molar-refractivity contribution in [3.05, 3.63) is 50.9 Å². The Morgan fingerprint density at radius 2 is 1.85 bits per heavy atom. The summed E-state index contributed by atoms with van der Waals surface area (Å²) in [4.78, 5) is 31.0. The maximum absolute atomic E-state index is 13.8. The molecule has 0 saturated carbocycles. The molecule has 5 rings (SSSR count). The molecule has 4 heterocycles. The van der Waals surface area contributed by atoms with Crippen molar-refractivity contribution in [3.8, 4) is 0 Å². The van der Waals surface area contributed by atoms with Gasteiger partial charge in [0, 0.05) is 51.0 Å². The standard InChI is InChI=1S/C25H29ClF3N7O3/c1-2-19-23(34-7-5-30-6-8-34)24(38)36-22(14-20(32-36)33-9-11-39-12-10-33)35(19)15-21(37)31-18-4-3-16(13-17(18)26)25(27,28)29/h3-4,13-14,30H,2,5-12,15H2,1H3,(H,31,37). The van der Waals surface area contributed by atoms with Gasteiger partial charge in [-0.2, -0.15) is 17.7 Å². The number of carbonyl (C=O) groups excluding carboxylic acids is 1. The molecule has 2 fully saturated rings. The number of anilines is 3. The number of hydrogen-bond donors (Lipinski definition) is 2. The smallest absolute Gasteiger partial charge is 0.378 e. The van der Waals surface area contributed by atoms with E-state index in [1.54, 1.807) is 10.6 Å². The van der Waals surface area contributed by atoms with Crippen LogP contribution in [0.5, 0.6) is 0 Å². The SMILES string of the molecule is CCc1c(N2CCNCC2)c(=O)n2nc(N3CCOCC3)cc2n1CC(=O)Nc1ccc(C(F)(F)F)cc1Cl. The summed E-state index contributed by atoms with van der Waals surface area (Å²) < 4.78 is 47.6. The second-order valence-electron chi connectivity index (χ2n) is 9.39. The number of ether oxygens (including phenoxy) is 1. The predicted molar refractivity (Wildman–Crippen MR) is 142 cm³/mol. The summed E-state index contributed by atoms with van der Waals surface area (Å²) >= 11 is 6.07. The second kappa shape index (κ2) is 11.1. The second-order valence-corrected chi connectivity index (χ2v) is 9.80. The molecular weight excluding hydrogens is 539 g/mol. The van der Waals surface area contributed by atoms with Crippen LogP contribution in [0.15, 0.2) is 29.1 Å². The molecule has 0 atom stereocenters. The summed E-state index contributed by atoms with van der Waals surface area (Å²) in [7, 11) is 0. The van der Waals surface area contributed by atoms with E-state index in [2.05, 4.69) is 15.7 Å². The molecular formula is C25H29ClF3N7O3. The molecule has 2 N–H and O–H groups in total. The molecule has 0 radical (unpaired) electrons. The minimum atomic E-state index is -4.55. The number of carbonyl (C=O) groups is 1. The Balaban J connectivity index is 1.55. The Morgan fingerprint density at radius 1 is 1.13 bits per heavy atom. The normalized spacial score (nSPS) is 16.6. The average Bonchev–Trinajstić information content (AvgIpc) is 3.38. The molecule has 0 unspecified atom stereocenters. The number of aromatic nitrogens is 3. The highest BCUT2D eigenvalue weighted by molar-refractivity contribution is 6.33. The van der Waals surface area contributed by atoms with Crippen LogP contribution in [0.3, 0.4) is 0 Å². The minimum absolute atomic E-state index is 0.0645. The molecule has 2 aromatic heterocycles. The number of nitrogens with one attached hydrogen (secondary N) is 2. The fourth-order valence-electron chi connectivity index (χ4n) is 5.00. The van der Waals surface area contributed by atoms with E-state index in [0.717, 1.165) is 18.2 Å². The molecule has 10 nitrogen and oxygen atoms in total. The van der Waals surface area contributed by atoms with Gasteiger partial charge < -0.3 is 29.7 Å². The number of morpholine rings is 1. The largest absolute Gasteiger partial charge is 0.416 e. The Kier molecular flexibility index (Phi) is 7.74. The molecule has 0 spiro atoms. The van der Waals surface area contributed by atoms with Crippen molar-refractivity contribution in [2.75, 3.05) is 67.6 Å². The number of nitrogens with zero attached hydrogens (tertiary/aromatic N) is 5. The molecule has 0 bridgehead atoms. The summed E-state index contributed by atoms with van der Waals surface area (Å²) in [6.07, 6.45) is -4.08. The monoisotopic (exact) mass is 567 g/mol. The first kappa shape index (κ1) is 27.3. The average molecular weight is 568 g/mol. The highest BCUT2D eigenvalue weighted by Gasteiger charge is 2.31. The molecule has 2 aliphatic rings. The highest BCUT2D eigenvalue weighted by atomic mass is 35.5. The Hall–Kier alpha value is -3.29. The number of hydrogen-bond acceptors (Lipinski definition) is 7. The van der Waals surface area contributed by atoms with Gasteiger partial charge in [-0.25, -0.2) is 0 Å². The van der Waals surface area contributed by atoms with Crippen molar-refractivity contribution in [1.29, 1.82) is 0 Å². The van der Waals surface area contributed by atoms with E-state index in [4.69, 9.17) is 16.3 Å². The van der Waals surface area contributed by atoms with Crippen LogP contribution >= 0.6 is 11.6 Å². The summed E-state index contributed by atoms with van der Waals surface area (Å²) in [5.74, 6) is 0.104. The number of amides is 1. The lowest BCUT2D eigenvalue weighted by molar-refractivity contribution is -0.137. The zero-order valence-electron chi connectivity index (χ0n) is 21.4. The number of benzene rings is 1. The predicted octanol–water partition coefficient (Wildman–Crippen LogP) is 2.62. The molecule has 2 aliphatic heterocycles. The molecule has 0 aliphatic carbocycles. The van der Waals surface area contributed by atoms with Crippen LogP contribution < -0.4 is 26.0 Å². The number of fused-ring (bicyclic) bond motifs is 1. The van der Waals surface area contributed by atoms with Crippen molar-refractivity contribution in [2.45, 2.75) is 26.1 Å². The zero-order valence-corrected chi connectivity index (χ0v) is 22.1. The van der Waals surface area contributed by atoms with E-state index in [9.17, 15) is 22.8 Å². The molecule has 2 saturated heterocycles. The first-order valence-electron chi connectivity index (χ1n) is 12.8. The molecule has 1 aromatic carbocycles. The van der Waals surface area contributed by atoms with Crippen molar-refractivity contribution in [3.63, 3.8) is 0 Å². The van der Waals surface area contributed by atoms with Crippen LogP contribution in [0.25, 0.3) is 5.65 Å². The van der Waals surface area contributed by atoms with Crippen LogP contribution in [0.4, 0.5) is 30.4 Å². The molecule has 3 aromatic rings. The molecule has 1 amide bonds. The minimum Gasteiger partial charge on any atom is -0.378 e. The maximum Gasteiger partial charge on any atom is 0.416 e. The number of rotatable bonds is 6. The van der Waals surface area contributed by atoms with Crippen LogP contribution in [0.1, 0.15) is 18.2 Å². The lowest BCUT2D eigenvalue weighted by atomic mass is 10.2.